The van der Waals surface area contributed by atoms with E-state index in [9.17, 15) is 4.79 Å². The number of carbonyl (C=O) groups is 1. The van der Waals surface area contributed by atoms with E-state index in [2.05, 4.69) is 19.9 Å². The summed E-state index contributed by atoms with van der Waals surface area (Å²) in [5, 5.41) is 0.914. The Balaban J connectivity index is 1.54. The van der Waals surface area contributed by atoms with Crippen LogP contribution in [0.3, 0.4) is 0 Å². The van der Waals surface area contributed by atoms with Crippen LogP contribution in [0.5, 0.6) is 0 Å². The fraction of sp³-hybridized carbons (Fsp3) is 0.312. The number of para-hydroxylation sites is 1. The Morgan fingerprint density at radius 1 is 1.20 bits per heavy atom. The fourth-order valence-corrected chi connectivity index (χ4v) is 3.11. The summed E-state index contributed by atoms with van der Waals surface area (Å²) < 4.78 is 6.34. The first-order valence-corrected chi connectivity index (χ1v) is 8.51. The van der Waals surface area contributed by atoms with Gasteiger partial charge in [-0.25, -0.2) is 4.98 Å². The van der Waals surface area contributed by atoms with E-state index in [1.165, 1.54) is 0 Å². The number of nitrogens with zero attached hydrogens (tertiary/aromatic N) is 5. The molecule has 9 heteroatoms. The molecule has 0 saturated heterocycles. The SMILES string of the molecule is CN(C)c1nc(N)nc(COC(=O)CCc2nc3ccccc3s2)n1. The Labute approximate surface area is 148 Å². The highest BCUT2D eigenvalue weighted by molar-refractivity contribution is 7.18. The van der Waals surface area contributed by atoms with Crippen LogP contribution >= 0.6 is 11.3 Å². The zero-order chi connectivity index (χ0) is 17.8. The van der Waals surface area contributed by atoms with Crippen LogP contribution in [0, 0.1) is 0 Å². The minimum atomic E-state index is -0.329. The largest absolute Gasteiger partial charge is 0.457 e. The molecule has 8 nitrogen and oxygen atoms in total. The number of fused-ring (bicyclic) bond motifs is 1. The lowest BCUT2D eigenvalue weighted by molar-refractivity contribution is -0.145. The van der Waals surface area contributed by atoms with Crippen molar-refractivity contribution in [1.82, 2.24) is 19.9 Å². The molecule has 0 fully saturated rings. The van der Waals surface area contributed by atoms with Crippen LogP contribution < -0.4 is 10.6 Å². The Hall–Kier alpha value is -2.81. The summed E-state index contributed by atoms with van der Waals surface area (Å²) in [6.45, 7) is -0.0355. The Bertz CT molecular complexity index is 862. The van der Waals surface area contributed by atoms with Crippen molar-refractivity contribution < 1.29 is 9.53 Å². The third kappa shape index (κ3) is 4.38. The molecule has 2 aromatic heterocycles. The molecular weight excluding hydrogens is 340 g/mol. The first kappa shape index (κ1) is 17.0. The maximum absolute atomic E-state index is 12.0. The number of hydrogen-bond donors (Lipinski definition) is 1. The molecule has 0 bridgehead atoms. The lowest BCUT2D eigenvalue weighted by Crippen LogP contribution is -2.17. The summed E-state index contributed by atoms with van der Waals surface area (Å²) >= 11 is 1.59. The predicted octanol–water partition coefficient (Wildman–Crippen LogP) is 1.81. The zero-order valence-electron chi connectivity index (χ0n) is 14.0. The molecule has 1 aromatic carbocycles. The van der Waals surface area contributed by atoms with Gasteiger partial charge in [-0.3, -0.25) is 4.79 Å². The number of nitrogen functional groups attached to an aromatic ring is 1. The number of esters is 1. The van der Waals surface area contributed by atoms with Crippen LogP contribution in [0.2, 0.25) is 0 Å². The molecule has 0 unspecified atom stereocenters. The number of nitrogens with two attached hydrogens (primary N) is 1. The van der Waals surface area contributed by atoms with Crippen LogP contribution in [0.25, 0.3) is 10.2 Å². The monoisotopic (exact) mass is 358 g/mol. The van der Waals surface area contributed by atoms with Crippen molar-refractivity contribution in [2.45, 2.75) is 19.4 Å². The molecule has 2 N–H and O–H groups in total. The summed E-state index contributed by atoms with van der Waals surface area (Å²) in [5.41, 5.74) is 6.59. The van der Waals surface area contributed by atoms with Crippen LogP contribution in [0.15, 0.2) is 24.3 Å². The van der Waals surface area contributed by atoms with Gasteiger partial charge in [-0.05, 0) is 12.1 Å². The third-order valence-electron chi connectivity index (χ3n) is 3.33. The highest BCUT2D eigenvalue weighted by Crippen LogP contribution is 2.22. The maximum Gasteiger partial charge on any atom is 0.306 e. The van der Waals surface area contributed by atoms with Gasteiger partial charge in [0.25, 0.3) is 0 Å². The number of carbonyl (C=O) groups excluding carboxylic acids is 1. The molecular formula is C16H18N6O2S. The molecule has 2 heterocycles. The summed E-state index contributed by atoms with van der Waals surface area (Å²) in [5.74, 6) is 0.515. The predicted molar refractivity (Wildman–Crippen MR) is 96.3 cm³/mol. The molecule has 0 radical (unpaired) electrons. The number of hydrogen-bond acceptors (Lipinski definition) is 9. The number of thiazole rings is 1. The molecule has 0 aliphatic rings. The number of ether oxygens (including phenoxy) is 1. The van der Waals surface area contributed by atoms with E-state index in [1.807, 2.05) is 24.3 Å². The molecule has 0 aliphatic heterocycles. The number of aromatic nitrogens is 4. The normalized spacial score (nSPS) is 10.8. The van der Waals surface area contributed by atoms with Crippen LogP contribution in [0.1, 0.15) is 17.3 Å². The average Bonchev–Trinajstić information content (AvgIpc) is 3.00. The van der Waals surface area contributed by atoms with Gasteiger partial charge in [-0.1, -0.05) is 12.1 Å². The van der Waals surface area contributed by atoms with Gasteiger partial charge in [-0.15, -0.1) is 11.3 Å². The van der Waals surface area contributed by atoms with Gasteiger partial charge in [0.1, 0.15) is 0 Å². The topological polar surface area (TPSA) is 107 Å². The number of benzene rings is 1. The zero-order valence-corrected chi connectivity index (χ0v) is 14.8. The Morgan fingerprint density at radius 2 is 2.00 bits per heavy atom. The molecule has 130 valence electrons. The number of aryl methyl sites for hydroxylation is 1. The second kappa shape index (κ2) is 7.39. The van der Waals surface area contributed by atoms with E-state index in [0.717, 1.165) is 15.2 Å². The second-order valence-corrected chi connectivity index (χ2v) is 6.66. The summed E-state index contributed by atoms with van der Waals surface area (Å²) in [6.07, 6.45) is 0.793. The third-order valence-corrected chi connectivity index (χ3v) is 4.43. The van der Waals surface area contributed by atoms with E-state index in [0.29, 0.717) is 18.2 Å². The van der Waals surface area contributed by atoms with E-state index in [4.69, 9.17) is 10.5 Å². The van der Waals surface area contributed by atoms with Crippen LogP contribution in [0.4, 0.5) is 11.9 Å². The van der Waals surface area contributed by atoms with Gasteiger partial charge in [0.15, 0.2) is 12.4 Å². The van der Waals surface area contributed by atoms with Gasteiger partial charge in [-0.2, -0.15) is 15.0 Å². The van der Waals surface area contributed by atoms with Crippen molar-refractivity contribution >= 4 is 39.4 Å². The first-order chi connectivity index (χ1) is 12.0. The van der Waals surface area contributed by atoms with E-state index < -0.39 is 0 Å². The second-order valence-electron chi connectivity index (χ2n) is 5.54. The minimum Gasteiger partial charge on any atom is -0.457 e. The Morgan fingerprint density at radius 3 is 2.76 bits per heavy atom. The summed E-state index contributed by atoms with van der Waals surface area (Å²) in [4.78, 5) is 30.3. The van der Waals surface area contributed by atoms with Crippen molar-refractivity contribution in [1.29, 1.82) is 0 Å². The lowest BCUT2D eigenvalue weighted by Gasteiger charge is -2.11. The summed E-state index contributed by atoms with van der Waals surface area (Å²) in [6, 6.07) is 7.90. The van der Waals surface area contributed by atoms with Crippen molar-refractivity contribution in [3.05, 3.63) is 35.1 Å². The van der Waals surface area contributed by atoms with Crippen molar-refractivity contribution in [3.8, 4) is 0 Å². The first-order valence-electron chi connectivity index (χ1n) is 7.69. The van der Waals surface area contributed by atoms with Gasteiger partial charge < -0.3 is 15.4 Å². The maximum atomic E-state index is 12.0. The highest BCUT2D eigenvalue weighted by atomic mass is 32.1. The van der Waals surface area contributed by atoms with Crippen LogP contribution in [-0.2, 0) is 22.6 Å². The highest BCUT2D eigenvalue weighted by Gasteiger charge is 2.11. The summed E-state index contributed by atoms with van der Waals surface area (Å²) in [7, 11) is 3.59. The Kier molecular flexibility index (Phi) is 5.03. The fourth-order valence-electron chi connectivity index (χ4n) is 2.14. The molecule has 3 aromatic rings. The van der Waals surface area contributed by atoms with E-state index >= 15 is 0 Å². The minimum absolute atomic E-state index is 0.0355. The molecule has 3 rings (SSSR count). The number of anilines is 2. The molecule has 0 spiro atoms. The van der Waals surface area contributed by atoms with Crippen molar-refractivity contribution in [2.75, 3.05) is 24.7 Å². The van der Waals surface area contributed by atoms with Crippen molar-refractivity contribution in [3.63, 3.8) is 0 Å². The molecule has 0 amide bonds. The smallest absolute Gasteiger partial charge is 0.306 e. The molecule has 0 aliphatic carbocycles. The van der Waals surface area contributed by atoms with Gasteiger partial charge in [0.2, 0.25) is 11.9 Å². The quantitative estimate of drug-likeness (QED) is 0.665. The van der Waals surface area contributed by atoms with E-state index in [1.54, 1.807) is 30.3 Å². The van der Waals surface area contributed by atoms with Gasteiger partial charge in [0, 0.05) is 20.5 Å². The average molecular weight is 358 g/mol. The van der Waals surface area contributed by atoms with Crippen LogP contribution in [-0.4, -0.2) is 40.0 Å². The molecule has 0 saturated carbocycles. The van der Waals surface area contributed by atoms with Gasteiger partial charge >= 0.3 is 5.97 Å². The molecule has 0 atom stereocenters. The van der Waals surface area contributed by atoms with Crippen molar-refractivity contribution in [2.24, 2.45) is 0 Å². The molecule has 25 heavy (non-hydrogen) atoms. The van der Waals surface area contributed by atoms with E-state index in [-0.39, 0.29) is 24.9 Å². The van der Waals surface area contributed by atoms with Gasteiger partial charge in [0.05, 0.1) is 21.6 Å². The number of rotatable bonds is 6. The lowest BCUT2D eigenvalue weighted by atomic mass is 10.3. The standard InChI is InChI=1S/C16H18N6O2S/c1-22(2)16-20-12(19-15(17)21-16)9-24-14(23)8-7-13-18-10-5-3-4-6-11(10)25-13/h3-6H,7-9H2,1-2H3,(H2,17,19,20,21).